The smallest absolute Gasteiger partial charge is 0.337 e. The van der Waals surface area contributed by atoms with Gasteiger partial charge in [0.15, 0.2) is 23.5 Å². The van der Waals surface area contributed by atoms with Crippen LogP contribution in [0.3, 0.4) is 0 Å². The molecule has 13 nitrogen and oxygen atoms in total. The zero-order chi connectivity index (χ0) is 26.3. The minimum absolute atomic E-state index is 0.0121. The first-order valence-corrected chi connectivity index (χ1v) is 11.1. The third kappa shape index (κ3) is 4.25. The van der Waals surface area contributed by atoms with Gasteiger partial charge in [-0.2, -0.15) is 0 Å². The van der Waals surface area contributed by atoms with E-state index in [-0.39, 0.29) is 18.1 Å². The normalized spacial score (nSPS) is 21.4. The van der Waals surface area contributed by atoms with Crippen LogP contribution in [-0.4, -0.2) is 71.9 Å². The number of nitrogens with zero attached hydrogens (tertiary/aromatic N) is 4. The van der Waals surface area contributed by atoms with E-state index in [0.717, 1.165) is 29.0 Å². The SMILES string of the molecule is COc1cc(F)c(-n2c(=O)ccn([C@@H]3O[C@H](CO)[C@@H](O)[C@H]3O)c2=O)cc1OCc1cccc2[nH]nnc12. The van der Waals surface area contributed by atoms with Crippen molar-refractivity contribution in [2.24, 2.45) is 0 Å². The maximum Gasteiger partial charge on any atom is 0.337 e. The lowest BCUT2D eigenvalue weighted by Crippen LogP contribution is -2.42. The van der Waals surface area contributed by atoms with Crippen LogP contribution < -0.4 is 20.7 Å². The molecule has 4 N–H and O–H groups in total. The molecule has 0 spiro atoms. The van der Waals surface area contributed by atoms with E-state index in [0.29, 0.717) is 21.2 Å². The van der Waals surface area contributed by atoms with Crippen LogP contribution in [0.15, 0.2) is 52.2 Å². The van der Waals surface area contributed by atoms with E-state index in [1.165, 1.54) is 7.11 Å². The fourth-order valence-electron chi connectivity index (χ4n) is 4.19. The predicted molar refractivity (Wildman–Crippen MR) is 124 cm³/mol. The molecule has 4 atom stereocenters. The fraction of sp³-hybridized carbons (Fsp3) is 0.304. The number of aromatic amines is 1. The van der Waals surface area contributed by atoms with Crippen molar-refractivity contribution in [2.75, 3.05) is 13.7 Å². The number of hydrogen-bond donors (Lipinski definition) is 4. The van der Waals surface area contributed by atoms with Crippen LogP contribution in [0.4, 0.5) is 4.39 Å². The summed E-state index contributed by atoms with van der Waals surface area (Å²) in [5, 5.41) is 40.2. The molecule has 0 bridgehead atoms. The molecule has 1 fully saturated rings. The van der Waals surface area contributed by atoms with Crippen molar-refractivity contribution in [1.82, 2.24) is 24.5 Å². The maximum atomic E-state index is 15.1. The third-order valence-corrected chi connectivity index (χ3v) is 6.10. The molecule has 1 aliphatic rings. The Labute approximate surface area is 206 Å². The zero-order valence-corrected chi connectivity index (χ0v) is 19.3. The largest absolute Gasteiger partial charge is 0.493 e. The Bertz CT molecular complexity index is 1570. The van der Waals surface area contributed by atoms with Gasteiger partial charge in [0.25, 0.3) is 5.56 Å². The molecule has 0 unspecified atom stereocenters. The molecule has 37 heavy (non-hydrogen) atoms. The molecule has 0 radical (unpaired) electrons. The number of methoxy groups -OCH3 is 1. The zero-order valence-electron chi connectivity index (χ0n) is 19.3. The summed E-state index contributed by atoms with van der Waals surface area (Å²) in [7, 11) is 1.31. The summed E-state index contributed by atoms with van der Waals surface area (Å²) in [4.78, 5) is 26.0. The molecule has 1 aliphatic heterocycles. The first kappa shape index (κ1) is 24.6. The summed E-state index contributed by atoms with van der Waals surface area (Å²) in [5.41, 5.74) is -0.423. The molecule has 1 saturated heterocycles. The monoisotopic (exact) mass is 515 g/mol. The van der Waals surface area contributed by atoms with Crippen LogP contribution in [0.5, 0.6) is 11.5 Å². The summed E-state index contributed by atoms with van der Waals surface area (Å²) >= 11 is 0. The van der Waals surface area contributed by atoms with Gasteiger partial charge in [0, 0.05) is 30.0 Å². The van der Waals surface area contributed by atoms with Gasteiger partial charge in [-0.1, -0.05) is 17.3 Å². The number of fused-ring (bicyclic) bond motifs is 1. The first-order chi connectivity index (χ1) is 17.8. The van der Waals surface area contributed by atoms with E-state index in [9.17, 15) is 24.9 Å². The van der Waals surface area contributed by atoms with Gasteiger partial charge in [0.1, 0.15) is 30.4 Å². The van der Waals surface area contributed by atoms with Gasteiger partial charge in [0.05, 0.1) is 24.9 Å². The fourth-order valence-corrected chi connectivity index (χ4v) is 4.19. The van der Waals surface area contributed by atoms with Gasteiger partial charge in [-0.25, -0.2) is 13.8 Å². The van der Waals surface area contributed by atoms with Gasteiger partial charge in [-0.3, -0.25) is 14.5 Å². The highest BCUT2D eigenvalue weighted by molar-refractivity contribution is 5.77. The van der Waals surface area contributed by atoms with Crippen LogP contribution >= 0.6 is 0 Å². The van der Waals surface area contributed by atoms with Crippen molar-refractivity contribution in [3.8, 4) is 17.2 Å². The summed E-state index contributed by atoms with van der Waals surface area (Å²) < 4.78 is 33.0. The number of aliphatic hydroxyl groups excluding tert-OH is 3. The predicted octanol–water partition coefficient (Wildman–Crippen LogP) is -0.391. The highest BCUT2D eigenvalue weighted by Gasteiger charge is 2.44. The van der Waals surface area contributed by atoms with Crippen molar-refractivity contribution in [1.29, 1.82) is 0 Å². The number of aliphatic hydroxyl groups is 3. The minimum atomic E-state index is -1.58. The van der Waals surface area contributed by atoms with Crippen molar-refractivity contribution < 1.29 is 33.9 Å². The molecule has 5 rings (SSSR count). The quantitative estimate of drug-likeness (QED) is 0.254. The highest BCUT2D eigenvalue weighted by atomic mass is 19.1. The molecule has 0 saturated carbocycles. The van der Waals surface area contributed by atoms with Crippen molar-refractivity contribution in [3.63, 3.8) is 0 Å². The second-order valence-corrected chi connectivity index (χ2v) is 8.28. The van der Waals surface area contributed by atoms with Crippen LogP contribution in [0.2, 0.25) is 0 Å². The number of rotatable bonds is 7. The van der Waals surface area contributed by atoms with Crippen LogP contribution in [-0.2, 0) is 11.3 Å². The number of hydrogen-bond acceptors (Lipinski definition) is 10. The van der Waals surface area contributed by atoms with E-state index in [4.69, 9.17) is 14.2 Å². The van der Waals surface area contributed by atoms with E-state index in [2.05, 4.69) is 15.4 Å². The van der Waals surface area contributed by atoms with Crippen molar-refractivity contribution in [2.45, 2.75) is 31.1 Å². The van der Waals surface area contributed by atoms with Crippen molar-refractivity contribution in [3.05, 3.63) is 74.8 Å². The summed E-state index contributed by atoms with van der Waals surface area (Å²) in [6, 6.07) is 8.42. The summed E-state index contributed by atoms with van der Waals surface area (Å²) in [5.74, 6) is -0.906. The highest BCUT2D eigenvalue weighted by Crippen LogP contribution is 2.33. The Morgan fingerprint density at radius 3 is 2.70 bits per heavy atom. The van der Waals surface area contributed by atoms with Gasteiger partial charge >= 0.3 is 5.69 Å². The Balaban J connectivity index is 1.54. The summed E-state index contributed by atoms with van der Waals surface area (Å²) in [6.45, 7) is -0.624. The molecule has 194 valence electrons. The second-order valence-electron chi connectivity index (χ2n) is 8.28. The van der Waals surface area contributed by atoms with Crippen LogP contribution in [0.1, 0.15) is 11.8 Å². The van der Waals surface area contributed by atoms with E-state index in [1.807, 2.05) is 0 Å². The lowest BCUT2D eigenvalue weighted by molar-refractivity contribution is -0.0553. The lowest BCUT2D eigenvalue weighted by Gasteiger charge is -2.19. The Hall–Kier alpha value is -4.11. The maximum absolute atomic E-state index is 15.1. The number of aromatic nitrogens is 5. The van der Waals surface area contributed by atoms with Gasteiger partial charge in [-0.05, 0) is 6.07 Å². The molecule has 2 aromatic heterocycles. The van der Waals surface area contributed by atoms with Gasteiger partial charge in [0.2, 0.25) is 0 Å². The molecule has 14 heteroatoms. The standard InChI is InChI=1S/C23H22FN5O8/c1-35-15-7-12(24)14(8-16(15)36-10-11-3-2-4-13-19(11)26-27-25-13)29-18(31)5-6-28(23(29)34)22-21(33)20(32)17(9-30)37-22/h2-8,17,20-22,30,32-33H,9-10H2,1H3,(H,25,26,27)/t17-,20-,21-,22-/m1/s1. The molecular weight excluding hydrogens is 493 g/mol. The third-order valence-electron chi connectivity index (χ3n) is 6.10. The molecule has 0 amide bonds. The van der Waals surface area contributed by atoms with Crippen LogP contribution in [0, 0.1) is 5.82 Å². The number of benzene rings is 2. The van der Waals surface area contributed by atoms with E-state index in [1.54, 1.807) is 18.2 Å². The molecule has 4 aromatic rings. The minimum Gasteiger partial charge on any atom is -0.493 e. The van der Waals surface area contributed by atoms with Crippen LogP contribution in [0.25, 0.3) is 16.7 Å². The van der Waals surface area contributed by atoms with Gasteiger partial charge in [-0.15, -0.1) is 5.10 Å². The number of nitrogens with one attached hydrogen (secondary N) is 1. The second kappa shape index (κ2) is 9.74. The Morgan fingerprint density at radius 2 is 1.97 bits per heavy atom. The number of ether oxygens (including phenoxy) is 3. The number of halogens is 1. The van der Waals surface area contributed by atoms with Gasteiger partial charge < -0.3 is 29.5 Å². The Kier molecular flexibility index (Phi) is 6.47. The average Bonchev–Trinajstić information content (AvgIpc) is 3.49. The molecule has 2 aromatic carbocycles. The first-order valence-electron chi connectivity index (χ1n) is 11.1. The molecule has 0 aliphatic carbocycles. The summed E-state index contributed by atoms with van der Waals surface area (Å²) in [6.07, 6.45) is -4.58. The number of H-pyrrole nitrogens is 1. The lowest BCUT2D eigenvalue weighted by atomic mass is 10.1. The van der Waals surface area contributed by atoms with Crippen molar-refractivity contribution >= 4 is 11.0 Å². The average molecular weight is 515 g/mol. The molecular formula is C23H22FN5O8. The van der Waals surface area contributed by atoms with E-state index < -0.39 is 53.9 Å². The topological polar surface area (TPSA) is 174 Å². The molecule has 3 heterocycles. The Morgan fingerprint density at radius 1 is 1.16 bits per heavy atom. The van der Waals surface area contributed by atoms with E-state index >= 15 is 4.39 Å².